The summed E-state index contributed by atoms with van der Waals surface area (Å²) in [5.74, 6) is 1.24. The molecule has 1 aromatic carbocycles. The molecule has 1 unspecified atom stereocenters. The summed E-state index contributed by atoms with van der Waals surface area (Å²) in [4.78, 5) is 0. The molecule has 2 nitrogen and oxygen atoms in total. The first-order valence-corrected chi connectivity index (χ1v) is 7.72. The van der Waals surface area contributed by atoms with Gasteiger partial charge in [0.2, 0.25) is 0 Å². The average molecular weight is 261 g/mol. The van der Waals surface area contributed by atoms with Crippen molar-refractivity contribution in [3.05, 3.63) is 29.3 Å². The van der Waals surface area contributed by atoms with Gasteiger partial charge in [0.15, 0.2) is 0 Å². The van der Waals surface area contributed by atoms with E-state index in [4.69, 9.17) is 0 Å². The summed E-state index contributed by atoms with van der Waals surface area (Å²) >= 11 is 0. The van der Waals surface area contributed by atoms with Crippen LogP contribution in [0.15, 0.2) is 18.2 Å². The van der Waals surface area contributed by atoms with Crippen molar-refractivity contribution in [2.75, 3.05) is 0 Å². The lowest BCUT2D eigenvalue weighted by Gasteiger charge is -2.30. The van der Waals surface area contributed by atoms with Crippen LogP contribution in [0.3, 0.4) is 0 Å². The van der Waals surface area contributed by atoms with Crippen LogP contribution < -0.4 is 5.32 Å². The zero-order valence-electron chi connectivity index (χ0n) is 12.3. The second kappa shape index (κ2) is 6.95. The predicted molar refractivity (Wildman–Crippen MR) is 80.3 cm³/mol. The number of rotatable bonds is 5. The van der Waals surface area contributed by atoms with E-state index in [2.05, 4.69) is 25.2 Å². The molecule has 1 atom stereocenters. The fourth-order valence-corrected chi connectivity index (χ4v) is 3.28. The number of phenolic OH excluding ortho intramolecular Hbond substituents is 1. The fourth-order valence-electron chi connectivity index (χ4n) is 3.28. The lowest BCUT2D eigenvalue weighted by atomic mass is 9.83. The van der Waals surface area contributed by atoms with Crippen molar-refractivity contribution in [3.8, 4) is 5.75 Å². The first-order chi connectivity index (χ1) is 9.20. The Morgan fingerprint density at radius 1 is 1.26 bits per heavy atom. The monoisotopic (exact) mass is 261 g/mol. The van der Waals surface area contributed by atoms with Crippen LogP contribution in [0.2, 0.25) is 0 Å². The molecule has 0 bridgehead atoms. The molecule has 1 aliphatic carbocycles. The van der Waals surface area contributed by atoms with E-state index in [0.29, 0.717) is 11.8 Å². The van der Waals surface area contributed by atoms with Crippen molar-refractivity contribution in [1.82, 2.24) is 5.32 Å². The van der Waals surface area contributed by atoms with Gasteiger partial charge < -0.3 is 10.4 Å². The smallest absolute Gasteiger partial charge is 0.120 e. The maximum Gasteiger partial charge on any atom is 0.120 e. The first-order valence-electron chi connectivity index (χ1n) is 7.72. The molecule has 1 aliphatic rings. The number of hydrogen-bond acceptors (Lipinski definition) is 2. The predicted octanol–water partition coefficient (Wildman–Crippen LogP) is 4.15. The molecule has 106 valence electrons. The summed E-state index contributed by atoms with van der Waals surface area (Å²) in [5.41, 5.74) is 2.23. The lowest BCUT2D eigenvalue weighted by molar-refractivity contribution is 0.261. The Morgan fingerprint density at radius 3 is 2.68 bits per heavy atom. The van der Waals surface area contributed by atoms with Gasteiger partial charge in [0.1, 0.15) is 5.75 Å². The molecule has 1 fully saturated rings. The maximum absolute atomic E-state index is 9.89. The highest BCUT2D eigenvalue weighted by atomic mass is 16.3. The molecule has 1 aromatic rings. The van der Waals surface area contributed by atoms with Gasteiger partial charge in [0.25, 0.3) is 0 Å². The largest absolute Gasteiger partial charge is 0.508 e. The Bertz CT molecular complexity index is 396. The SMILES string of the molecule is CCC(NCc1cc(C)ccc1O)C1CCCCC1. The number of phenols is 1. The number of benzene rings is 1. The molecule has 0 saturated heterocycles. The van der Waals surface area contributed by atoms with E-state index in [1.165, 1.54) is 44.1 Å². The van der Waals surface area contributed by atoms with Crippen LogP contribution in [-0.2, 0) is 6.54 Å². The molecule has 0 radical (unpaired) electrons. The van der Waals surface area contributed by atoms with Crippen LogP contribution in [0.4, 0.5) is 0 Å². The van der Waals surface area contributed by atoms with Gasteiger partial charge in [-0.15, -0.1) is 0 Å². The minimum atomic E-state index is 0.414. The lowest BCUT2D eigenvalue weighted by Crippen LogP contribution is -2.36. The van der Waals surface area contributed by atoms with Crippen LogP contribution in [0.25, 0.3) is 0 Å². The summed E-state index contributed by atoms with van der Waals surface area (Å²) in [5, 5.41) is 13.6. The average Bonchev–Trinajstić information content (AvgIpc) is 2.44. The molecule has 1 saturated carbocycles. The fraction of sp³-hybridized carbons (Fsp3) is 0.647. The second-order valence-corrected chi connectivity index (χ2v) is 5.93. The summed E-state index contributed by atoms with van der Waals surface area (Å²) in [6.45, 7) is 5.12. The van der Waals surface area contributed by atoms with Crippen molar-refractivity contribution >= 4 is 0 Å². The van der Waals surface area contributed by atoms with Crippen LogP contribution in [-0.4, -0.2) is 11.1 Å². The zero-order chi connectivity index (χ0) is 13.7. The highest BCUT2D eigenvalue weighted by Gasteiger charge is 2.21. The van der Waals surface area contributed by atoms with Gasteiger partial charge in [-0.2, -0.15) is 0 Å². The van der Waals surface area contributed by atoms with Crippen LogP contribution in [0.5, 0.6) is 5.75 Å². The van der Waals surface area contributed by atoms with Crippen molar-refractivity contribution in [3.63, 3.8) is 0 Å². The van der Waals surface area contributed by atoms with Gasteiger partial charge in [-0.05, 0) is 38.2 Å². The first kappa shape index (κ1) is 14.4. The topological polar surface area (TPSA) is 32.3 Å². The maximum atomic E-state index is 9.89. The zero-order valence-corrected chi connectivity index (χ0v) is 12.3. The molecule has 0 aliphatic heterocycles. The Labute approximate surface area is 117 Å². The number of nitrogens with one attached hydrogen (secondary N) is 1. The molecule has 0 heterocycles. The van der Waals surface area contributed by atoms with Gasteiger partial charge >= 0.3 is 0 Å². The highest BCUT2D eigenvalue weighted by Crippen LogP contribution is 2.28. The van der Waals surface area contributed by atoms with E-state index < -0.39 is 0 Å². The number of aromatic hydroxyl groups is 1. The molecule has 2 heteroatoms. The molecule has 2 rings (SSSR count). The molecule has 0 aromatic heterocycles. The summed E-state index contributed by atoms with van der Waals surface area (Å²) in [7, 11) is 0. The van der Waals surface area contributed by atoms with Crippen molar-refractivity contribution in [1.29, 1.82) is 0 Å². The number of hydrogen-bond donors (Lipinski definition) is 2. The Kier molecular flexibility index (Phi) is 5.26. The van der Waals surface area contributed by atoms with Crippen molar-refractivity contribution in [2.24, 2.45) is 5.92 Å². The van der Waals surface area contributed by atoms with E-state index in [1.807, 2.05) is 6.07 Å². The highest BCUT2D eigenvalue weighted by molar-refractivity contribution is 5.35. The third-order valence-electron chi connectivity index (χ3n) is 4.45. The molecule has 2 N–H and O–H groups in total. The standard InChI is InChI=1S/C17H27NO/c1-3-16(14-7-5-4-6-8-14)18-12-15-11-13(2)9-10-17(15)19/h9-11,14,16,18-19H,3-8,12H2,1-2H3. The van der Waals surface area contributed by atoms with Gasteiger partial charge in [-0.1, -0.05) is 43.9 Å². The second-order valence-electron chi connectivity index (χ2n) is 5.93. The third kappa shape index (κ3) is 3.97. The quantitative estimate of drug-likeness (QED) is 0.834. The van der Waals surface area contributed by atoms with Crippen LogP contribution in [0.1, 0.15) is 56.6 Å². The molecular formula is C17H27NO. The van der Waals surface area contributed by atoms with Crippen LogP contribution in [0, 0.1) is 12.8 Å². The van der Waals surface area contributed by atoms with E-state index in [-0.39, 0.29) is 0 Å². The normalized spacial score (nSPS) is 18.4. The Hall–Kier alpha value is -1.02. The van der Waals surface area contributed by atoms with Gasteiger partial charge in [-0.25, -0.2) is 0 Å². The molecule has 0 spiro atoms. The Morgan fingerprint density at radius 2 is 2.00 bits per heavy atom. The van der Waals surface area contributed by atoms with E-state index in [0.717, 1.165) is 18.0 Å². The summed E-state index contributed by atoms with van der Waals surface area (Å²) < 4.78 is 0. The molecule has 0 amide bonds. The summed E-state index contributed by atoms with van der Waals surface area (Å²) in [6, 6.07) is 6.43. The molecular weight excluding hydrogens is 234 g/mol. The number of aryl methyl sites for hydroxylation is 1. The van der Waals surface area contributed by atoms with Gasteiger partial charge in [-0.3, -0.25) is 0 Å². The van der Waals surface area contributed by atoms with Gasteiger partial charge in [0.05, 0.1) is 0 Å². The summed E-state index contributed by atoms with van der Waals surface area (Å²) in [6.07, 6.45) is 8.09. The van der Waals surface area contributed by atoms with Crippen molar-refractivity contribution < 1.29 is 5.11 Å². The minimum Gasteiger partial charge on any atom is -0.508 e. The minimum absolute atomic E-state index is 0.414. The van der Waals surface area contributed by atoms with Gasteiger partial charge in [0, 0.05) is 18.2 Å². The van der Waals surface area contributed by atoms with E-state index in [9.17, 15) is 5.11 Å². The van der Waals surface area contributed by atoms with Crippen molar-refractivity contribution in [2.45, 2.75) is 65.0 Å². The van der Waals surface area contributed by atoms with E-state index in [1.54, 1.807) is 6.07 Å². The molecule has 19 heavy (non-hydrogen) atoms. The third-order valence-corrected chi connectivity index (χ3v) is 4.45. The Balaban J connectivity index is 1.93. The van der Waals surface area contributed by atoms with Crippen LogP contribution >= 0.6 is 0 Å². The van der Waals surface area contributed by atoms with E-state index >= 15 is 0 Å².